The minimum atomic E-state index is -0.145. The molecule has 0 atom stereocenters. The Morgan fingerprint density at radius 2 is 1.86 bits per heavy atom. The van der Waals surface area contributed by atoms with E-state index in [2.05, 4.69) is 15.8 Å². The third kappa shape index (κ3) is 3.40. The van der Waals surface area contributed by atoms with E-state index in [1.807, 2.05) is 0 Å². The molecule has 0 bridgehead atoms. The maximum Gasteiger partial charge on any atom is 0.270 e. The predicted molar refractivity (Wildman–Crippen MR) is 75.3 cm³/mol. The second-order valence-corrected chi connectivity index (χ2v) is 5.94. The predicted octanol–water partition coefficient (Wildman–Crippen LogP) is -0.230. The molecule has 3 rings (SSSR count). The minimum Gasteiger partial charge on any atom is -0.353 e. The summed E-state index contributed by atoms with van der Waals surface area (Å²) >= 11 is 0. The normalized spacial score (nSPS) is 23.3. The fourth-order valence-corrected chi connectivity index (χ4v) is 2.70. The van der Waals surface area contributed by atoms with Gasteiger partial charge in [-0.2, -0.15) is 5.10 Å². The highest BCUT2D eigenvalue weighted by Crippen LogP contribution is 2.29. The van der Waals surface area contributed by atoms with Crippen LogP contribution in [0.15, 0.2) is 5.10 Å². The molecule has 7 heteroatoms. The Balaban J connectivity index is 1.47. The zero-order valence-electron chi connectivity index (χ0n) is 11.9. The lowest BCUT2D eigenvalue weighted by atomic mass is 10.0. The maximum absolute atomic E-state index is 12.3. The Bertz CT molecular complexity index is 490. The second kappa shape index (κ2) is 5.83. The van der Waals surface area contributed by atoms with Crippen LogP contribution in [0.4, 0.5) is 0 Å². The maximum atomic E-state index is 12.3. The summed E-state index contributed by atoms with van der Waals surface area (Å²) in [5, 5.41) is 6.90. The highest BCUT2D eigenvalue weighted by Gasteiger charge is 2.33. The summed E-state index contributed by atoms with van der Waals surface area (Å²) in [6, 6.07) is 0.176. The lowest BCUT2D eigenvalue weighted by Gasteiger charge is -2.33. The first-order valence-corrected chi connectivity index (χ1v) is 7.58. The van der Waals surface area contributed by atoms with Gasteiger partial charge in [0, 0.05) is 37.9 Å². The lowest BCUT2D eigenvalue weighted by Crippen LogP contribution is -2.49. The molecule has 3 amide bonds. The van der Waals surface area contributed by atoms with Crippen LogP contribution in [0.3, 0.4) is 0 Å². The number of nitrogens with one attached hydrogen (secondary N) is 2. The SMILES string of the molecule is O=C1CCC(C(=O)N2CCC(NC(=O)C3CC3)CC2)=NN1. The van der Waals surface area contributed by atoms with Gasteiger partial charge in [0.05, 0.1) is 0 Å². The van der Waals surface area contributed by atoms with E-state index < -0.39 is 0 Å². The van der Waals surface area contributed by atoms with Gasteiger partial charge < -0.3 is 10.2 Å². The molecule has 1 aliphatic carbocycles. The number of rotatable bonds is 3. The van der Waals surface area contributed by atoms with E-state index in [-0.39, 0.29) is 29.7 Å². The van der Waals surface area contributed by atoms with Crippen LogP contribution in [-0.4, -0.2) is 47.5 Å². The monoisotopic (exact) mass is 292 g/mol. The smallest absolute Gasteiger partial charge is 0.270 e. The molecular weight excluding hydrogens is 272 g/mol. The van der Waals surface area contributed by atoms with Crippen molar-refractivity contribution in [3.05, 3.63) is 0 Å². The van der Waals surface area contributed by atoms with E-state index >= 15 is 0 Å². The summed E-state index contributed by atoms with van der Waals surface area (Å²) < 4.78 is 0. The third-order valence-electron chi connectivity index (χ3n) is 4.23. The number of carbonyl (C=O) groups is 3. The van der Waals surface area contributed by atoms with Crippen molar-refractivity contribution in [2.75, 3.05) is 13.1 Å². The van der Waals surface area contributed by atoms with E-state index in [9.17, 15) is 14.4 Å². The van der Waals surface area contributed by atoms with Crippen molar-refractivity contribution in [3.8, 4) is 0 Å². The molecule has 1 saturated heterocycles. The Kier molecular flexibility index (Phi) is 3.90. The van der Waals surface area contributed by atoms with Crippen molar-refractivity contribution < 1.29 is 14.4 Å². The van der Waals surface area contributed by atoms with E-state index in [4.69, 9.17) is 0 Å². The van der Waals surface area contributed by atoms with Crippen LogP contribution in [0.5, 0.6) is 0 Å². The van der Waals surface area contributed by atoms with Crippen molar-refractivity contribution >= 4 is 23.4 Å². The Hall–Kier alpha value is -1.92. The number of piperidine rings is 1. The molecule has 0 aromatic rings. The van der Waals surface area contributed by atoms with E-state index in [0.717, 1.165) is 25.7 Å². The number of amides is 3. The Morgan fingerprint density at radius 3 is 2.43 bits per heavy atom. The van der Waals surface area contributed by atoms with Crippen LogP contribution in [0, 0.1) is 5.92 Å². The molecule has 2 fully saturated rings. The van der Waals surface area contributed by atoms with Gasteiger partial charge in [0.2, 0.25) is 11.8 Å². The molecular formula is C14H20N4O3. The standard InChI is InChI=1S/C14H20N4O3/c19-12-4-3-11(16-17-12)14(21)18-7-5-10(6-8-18)15-13(20)9-1-2-9/h9-10H,1-8H2,(H,15,20)(H,17,19). The molecule has 2 heterocycles. The first kappa shape index (κ1) is 14.0. The Morgan fingerprint density at radius 1 is 1.14 bits per heavy atom. The van der Waals surface area contributed by atoms with Gasteiger partial charge in [-0.25, -0.2) is 5.43 Å². The van der Waals surface area contributed by atoms with Gasteiger partial charge in [0.15, 0.2) is 0 Å². The molecule has 0 spiro atoms. The summed E-state index contributed by atoms with van der Waals surface area (Å²) in [4.78, 5) is 36.8. The van der Waals surface area contributed by atoms with Gasteiger partial charge in [0.25, 0.3) is 5.91 Å². The van der Waals surface area contributed by atoms with Gasteiger partial charge in [-0.1, -0.05) is 0 Å². The van der Waals surface area contributed by atoms with E-state index in [1.54, 1.807) is 4.90 Å². The summed E-state index contributed by atoms with van der Waals surface area (Å²) in [6.45, 7) is 1.25. The summed E-state index contributed by atoms with van der Waals surface area (Å²) in [6.07, 6.45) is 4.30. The second-order valence-electron chi connectivity index (χ2n) is 5.94. The van der Waals surface area contributed by atoms with Crippen molar-refractivity contribution in [2.24, 2.45) is 11.0 Å². The van der Waals surface area contributed by atoms with Crippen LogP contribution >= 0.6 is 0 Å². The third-order valence-corrected chi connectivity index (χ3v) is 4.23. The van der Waals surface area contributed by atoms with E-state index in [0.29, 0.717) is 31.6 Å². The molecule has 114 valence electrons. The van der Waals surface area contributed by atoms with Crippen molar-refractivity contribution in [1.29, 1.82) is 0 Å². The molecule has 3 aliphatic rings. The highest BCUT2D eigenvalue weighted by atomic mass is 16.2. The highest BCUT2D eigenvalue weighted by molar-refractivity contribution is 6.39. The van der Waals surface area contributed by atoms with Crippen molar-refractivity contribution in [3.63, 3.8) is 0 Å². The summed E-state index contributed by atoms with van der Waals surface area (Å²) in [5.41, 5.74) is 2.78. The van der Waals surface area contributed by atoms with Crippen molar-refractivity contribution in [1.82, 2.24) is 15.6 Å². The molecule has 0 radical (unpaired) electrons. The van der Waals surface area contributed by atoms with Crippen LogP contribution in [0.1, 0.15) is 38.5 Å². The number of carbonyl (C=O) groups excluding carboxylic acids is 3. The molecule has 2 aliphatic heterocycles. The van der Waals surface area contributed by atoms with Crippen molar-refractivity contribution in [2.45, 2.75) is 44.6 Å². The van der Waals surface area contributed by atoms with E-state index in [1.165, 1.54) is 0 Å². The van der Waals surface area contributed by atoms with Gasteiger partial charge in [-0.3, -0.25) is 14.4 Å². The zero-order valence-corrected chi connectivity index (χ0v) is 11.9. The fraction of sp³-hybridized carbons (Fsp3) is 0.714. The molecule has 1 saturated carbocycles. The molecule has 0 unspecified atom stereocenters. The number of hydrogen-bond donors (Lipinski definition) is 2. The van der Waals surface area contributed by atoms with Gasteiger partial charge in [-0.05, 0) is 25.7 Å². The Labute approximate surface area is 123 Å². The van der Waals surface area contributed by atoms with Gasteiger partial charge in [-0.15, -0.1) is 0 Å². The first-order valence-electron chi connectivity index (χ1n) is 7.58. The number of likely N-dealkylation sites (tertiary alicyclic amines) is 1. The number of nitrogens with zero attached hydrogens (tertiary/aromatic N) is 2. The minimum absolute atomic E-state index is 0.0954. The average Bonchev–Trinajstić information content (AvgIpc) is 3.33. The lowest BCUT2D eigenvalue weighted by molar-refractivity contribution is -0.126. The molecule has 0 aromatic carbocycles. The summed E-state index contributed by atoms with van der Waals surface area (Å²) in [7, 11) is 0. The van der Waals surface area contributed by atoms with Gasteiger partial charge in [0.1, 0.15) is 5.71 Å². The van der Waals surface area contributed by atoms with Crippen LogP contribution in [0.25, 0.3) is 0 Å². The quantitative estimate of drug-likeness (QED) is 0.753. The van der Waals surface area contributed by atoms with Crippen LogP contribution < -0.4 is 10.7 Å². The fourth-order valence-electron chi connectivity index (χ4n) is 2.70. The topological polar surface area (TPSA) is 90.9 Å². The number of hydrazone groups is 1. The van der Waals surface area contributed by atoms with Gasteiger partial charge >= 0.3 is 0 Å². The first-order chi connectivity index (χ1) is 10.1. The van der Waals surface area contributed by atoms with Crippen LogP contribution in [-0.2, 0) is 14.4 Å². The molecule has 21 heavy (non-hydrogen) atoms. The molecule has 0 aromatic heterocycles. The number of hydrogen-bond acceptors (Lipinski definition) is 4. The molecule has 7 nitrogen and oxygen atoms in total. The zero-order chi connectivity index (χ0) is 14.8. The van der Waals surface area contributed by atoms with Crippen LogP contribution in [0.2, 0.25) is 0 Å². The average molecular weight is 292 g/mol. The molecule has 2 N–H and O–H groups in total. The summed E-state index contributed by atoms with van der Waals surface area (Å²) in [5.74, 6) is 0.152. The largest absolute Gasteiger partial charge is 0.353 e.